The minimum absolute atomic E-state index is 0.0560. The van der Waals surface area contributed by atoms with Gasteiger partial charge in [0.15, 0.2) is 0 Å². The van der Waals surface area contributed by atoms with E-state index in [9.17, 15) is 14.4 Å². The second kappa shape index (κ2) is 4.75. The van der Waals surface area contributed by atoms with Crippen molar-refractivity contribution in [3.8, 4) is 0 Å². The van der Waals surface area contributed by atoms with Crippen LogP contribution in [0.4, 0.5) is 5.69 Å². The van der Waals surface area contributed by atoms with Crippen molar-refractivity contribution >= 4 is 39.2 Å². The first-order chi connectivity index (χ1) is 10.5. The van der Waals surface area contributed by atoms with E-state index in [0.717, 1.165) is 22.9 Å². The lowest BCUT2D eigenvalue weighted by molar-refractivity contribution is -0.143. The number of Topliss-reactive ketones (excluding diaryl/α,β-unsaturated/α-hetero) is 1. The molecule has 3 aliphatic carbocycles. The molecule has 3 saturated carbocycles. The maximum atomic E-state index is 12.8. The molecule has 5 rings (SSSR count). The number of carbonyl (C=O) groups is 3. The van der Waals surface area contributed by atoms with E-state index < -0.39 is 5.92 Å². The predicted octanol–water partition coefficient (Wildman–Crippen LogP) is 2.86. The van der Waals surface area contributed by atoms with E-state index in [1.54, 1.807) is 6.07 Å². The molecule has 1 saturated heterocycles. The Labute approximate surface area is 137 Å². The Balaban J connectivity index is 1.77. The summed E-state index contributed by atoms with van der Waals surface area (Å²) in [5.41, 5.74) is 1.60. The summed E-state index contributed by atoms with van der Waals surface area (Å²) in [6.07, 6.45) is 2.12. The number of amides is 2. The molecule has 5 heteroatoms. The van der Waals surface area contributed by atoms with Crippen molar-refractivity contribution in [1.29, 1.82) is 0 Å². The Morgan fingerprint density at radius 3 is 2.50 bits per heavy atom. The molecule has 0 unspecified atom stereocenters. The number of aryl methyl sites for hydroxylation is 1. The van der Waals surface area contributed by atoms with Crippen molar-refractivity contribution in [3.05, 3.63) is 28.2 Å². The van der Waals surface area contributed by atoms with Crippen molar-refractivity contribution in [1.82, 2.24) is 0 Å². The van der Waals surface area contributed by atoms with E-state index >= 15 is 0 Å². The van der Waals surface area contributed by atoms with Crippen LogP contribution in [0.2, 0.25) is 0 Å². The lowest BCUT2D eigenvalue weighted by Crippen LogP contribution is -2.46. The second-order valence-electron chi connectivity index (χ2n) is 6.61. The summed E-state index contributed by atoms with van der Waals surface area (Å²) >= 11 is 3.43. The smallest absolute Gasteiger partial charge is 0.238 e. The van der Waals surface area contributed by atoms with Crippen LogP contribution in [0.3, 0.4) is 0 Å². The van der Waals surface area contributed by atoms with E-state index in [1.165, 1.54) is 4.90 Å². The summed E-state index contributed by atoms with van der Waals surface area (Å²) in [4.78, 5) is 39.1. The first-order valence-electron chi connectivity index (χ1n) is 7.65. The number of hydrogen-bond acceptors (Lipinski definition) is 3. The van der Waals surface area contributed by atoms with Crippen molar-refractivity contribution < 1.29 is 14.4 Å². The van der Waals surface area contributed by atoms with Crippen LogP contribution in [0.25, 0.3) is 0 Å². The minimum Gasteiger partial charge on any atom is -0.299 e. The number of imide groups is 1. The molecule has 0 spiro atoms. The van der Waals surface area contributed by atoms with Crippen LogP contribution in [0.5, 0.6) is 0 Å². The highest BCUT2D eigenvalue weighted by atomic mass is 79.9. The topological polar surface area (TPSA) is 54.5 Å². The summed E-state index contributed by atoms with van der Waals surface area (Å²) in [6, 6.07) is 5.49. The van der Waals surface area contributed by atoms with E-state index in [4.69, 9.17) is 0 Å². The second-order valence-corrected chi connectivity index (χ2v) is 7.47. The van der Waals surface area contributed by atoms with Crippen LogP contribution >= 0.6 is 15.9 Å². The van der Waals surface area contributed by atoms with Gasteiger partial charge in [0.2, 0.25) is 11.8 Å². The van der Waals surface area contributed by atoms with Gasteiger partial charge >= 0.3 is 0 Å². The number of ketones is 1. The van der Waals surface area contributed by atoms with E-state index in [0.29, 0.717) is 12.1 Å². The maximum absolute atomic E-state index is 12.8. The van der Waals surface area contributed by atoms with Gasteiger partial charge in [-0.1, -0.05) is 15.9 Å². The summed E-state index contributed by atoms with van der Waals surface area (Å²) in [7, 11) is 0. The van der Waals surface area contributed by atoms with Crippen LogP contribution in [-0.4, -0.2) is 17.6 Å². The fourth-order valence-electron chi connectivity index (χ4n) is 4.41. The molecule has 0 aromatic heterocycles. The Morgan fingerprint density at radius 2 is 1.82 bits per heavy atom. The van der Waals surface area contributed by atoms with Gasteiger partial charge in [-0.3, -0.25) is 19.3 Å². The zero-order valence-corrected chi connectivity index (χ0v) is 13.8. The fourth-order valence-corrected chi connectivity index (χ4v) is 4.65. The number of anilines is 1. The first kappa shape index (κ1) is 14.1. The molecule has 2 bridgehead atoms. The van der Waals surface area contributed by atoms with Gasteiger partial charge in [0.05, 0.1) is 17.5 Å². The van der Waals surface area contributed by atoms with Crippen LogP contribution < -0.4 is 4.90 Å². The number of benzene rings is 1. The lowest BCUT2D eigenvalue weighted by Gasteiger charge is -2.41. The zero-order valence-electron chi connectivity index (χ0n) is 12.2. The third-order valence-corrected chi connectivity index (χ3v) is 6.35. The van der Waals surface area contributed by atoms with Crippen LogP contribution in [-0.2, 0) is 14.4 Å². The largest absolute Gasteiger partial charge is 0.299 e. The molecule has 114 valence electrons. The standard InChI is InChI=1S/C17H16BrNO3/c1-8-6-10(3-5-12(8)18)19-16(21)14-9-2-4-11(13(20)7-9)15(14)17(19)22/h3,5-6,9,11,14-15H,2,4,7H2,1H3/t9-,11+,14+,15-/m1/s1. The van der Waals surface area contributed by atoms with Crippen molar-refractivity contribution in [2.45, 2.75) is 26.2 Å². The van der Waals surface area contributed by atoms with Gasteiger partial charge in [-0.15, -0.1) is 0 Å². The first-order valence-corrected chi connectivity index (χ1v) is 8.45. The highest BCUT2D eigenvalue weighted by molar-refractivity contribution is 9.10. The molecule has 0 radical (unpaired) electrons. The van der Waals surface area contributed by atoms with Gasteiger partial charge in [-0.05, 0) is 49.4 Å². The quantitative estimate of drug-likeness (QED) is 0.722. The number of rotatable bonds is 1. The van der Waals surface area contributed by atoms with E-state index in [1.807, 2.05) is 19.1 Å². The molecule has 2 amide bonds. The molecule has 1 heterocycles. The number of hydrogen-bond donors (Lipinski definition) is 0. The van der Waals surface area contributed by atoms with Crippen LogP contribution in [0.15, 0.2) is 22.7 Å². The molecule has 4 atom stereocenters. The van der Waals surface area contributed by atoms with Gasteiger partial charge in [-0.2, -0.15) is 0 Å². The van der Waals surface area contributed by atoms with Crippen LogP contribution in [0, 0.1) is 30.6 Å². The Bertz CT molecular complexity index is 714. The average molecular weight is 362 g/mol. The molecule has 1 aromatic rings. The highest BCUT2D eigenvalue weighted by Crippen LogP contribution is 2.52. The lowest BCUT2D eigenvalue weighted by atomic mass is 9.59. The van der Waals surface area contributed by atoms with E-state index in [-0.39, 0.29) is 35.4 Å². The van der Waals surface area contributed by atoms with Crippen LogP contribution in [0.1, 0.15) is 24.8 Å². The number of nitrogens with zero attached hydrogens (tertiary/aromatic N) is 1. The van der Waals surface area contributed by atoms with E-state index in [2.05, 4.69) is 15.9 Å². The molecule has 1 aromatic carbocycles. The van der Waals surface area contributed by atoms with Gasteiger partial charge in [0.1, 0.15) is 5.78 Å². The minimum atomic E-state index is -0.420. The fraction of sp³-hybridized carbons (Fsp3) is 0.471. The Kier molecular flexibility index (Phi) is 3.05. The number of fused-ring (bicyclic) bond motifs is 2. The van der Waals surface area contributed by atoms with Gasteiger partial charge in [0, 0.05) is 16.8 Å². The predicted molar refractivity (Wildman–Crippen MR) is 84.2 cm³/mol. The molecule has 4 nitrogen and oxygen atoms in total. The molecule has 4 fully saturated rings. The maximum Gasteiger partial charge on any atom is 0.238 e. The van der Waals surface area contributed by atoms with Gasteiger partial charge in [0.25, 0.3) is 0 Å². The SMILES string of the molecule is Cc1cc(N2C(=O)[C@H]3[C@@H]4CC[C@@H](C(=O)C4)[C@H]3C2=O)ccc1Br. The average Bonchev–Trinajstić information content (AvgIpc) is 2.76. The highest BCUT2D eigenvalue weighted by Gasteiger charge is 2.60. The Morgan fingerprint density at radius 1 is 1.09 bits per heavy atom. The molecular formula is C17H16BrNO3. The van der Waals surface area contributed by atoms with Gasteiger partial charge in [-0.25, -0.2) is 0 Å². The van der Waals surface area contributed by atoms with Gasteiger partial charge < -0.3 is 0 Å². The molecule has 0 N–H and O–H groups in total. The molecule has 4 aliphatic rings. The summed E-state index contributed by atoms with van der Waals surface area (Å²) in [5, 5.41) is 0. The number of halogens is 1. The van der Waals surface area contributed by atoms with Crippen molar-refractivity contribution in [2.24, 2.45) is 23.7 Å². The number of carbonyl (C=O) groups excluding carboxylic acids is 3. The zero-order chi connectivity index (χ0) is 15.6. The molecule has 1 aliphatic heterocycles. The molecule has 22 heavy (non-hydrogen) atoms. The third-order valence-electron chi connectivity index (χ3n) is 5.46. The third kappa shape index (κ3) is 1.78. The normalized spacial score (nSPS) is 33.5. The monoisotopic (exact) mass is 361 g/mol. The Hall–Kier alpha value is -1.49. The summed E-state index contributed by atoms with van der Waals surface area (Å²) < 4.78 is 0.947. The summed E-state index contributed by atoms with van der Waals surface area (Å²) in [5.74, 6) is -1.01. The molecular weight excluding hydrogens is 346 g/mol. The van der Waals surface area contributed by atoms with Crippen molar-refractivity contribution in [2.75, 3.05) is 4.90 Å². The summed E-state index contributed by atoms with van der Waals surface area (Å²) in [6.45, 7) is 1.93. The van der Waals surface area contributed by atoms with Crippen molar-refractivity contribution in [3.63, 3.8) is 0 Å².